The average Bonchev–Trinajstić information content (AvgIpc) is 2.53. The Kier molecular flexibility index (Phi) is 5.80. The lowest BCUT2D eigenvalue weighted by Gasteiger charge is -2.19. The molecule has 0 unspecified atom stereocenters. The third-order valence-electron chi connectivity index (χ3n) is 2.54. The van der Waals surface area contributed by atoms with Crippen molar-refractivity contribution in [3.05, 3.63) is 0 Å². The van der Waals surface area contributed by atoms with Crippen LogP contribution in [0.2, 0.25) is 0 Å². The van der Waals surface area contributed by atoms with Crippen molar-refractivity contribution < 1.29 is 37.6 Å². The molecular formula is C8H17O8S2+. The molecular weight excluding hydrogens is 288 g/mol. The number of rotatable bonds is 6. The standard InChI is InChI=1S/C8H16O8S2/c9-1-8(16-18(13,14)15)7(12)4-17-2-5(10)6(11)3-17/h5-12H,1-4H2/p+1/t5-,6-,7-,8+/m0/s1. The largest absolute Gasteiger partial charge is 0.726 e. The van der Waals surface area contributed by atoms with E-state index in [1.54, 1.807) is 0 Å². The van der Waals surface area contributed by atoms with Crippen LogP contribution in [-0.4, -0.2) is 81.7 Å². The second-order valence-corrected chi connectivity index (χ2v) is 7.30. The Hall–Kier alpha value is 0.0600. The summed E-state index contributed by atoms with van der Waals surface area (Å²) < 4.78 is 35.3. The fraction of sp³-hybridized carbons (Fsp3) is 1.00. The van der Waals surface area contributed by atoms with Crippen molar-refractivity contribution in [2.45, 2.75) is 24.4 Å². The second kappa shape index (κ2) is 6.48. The first kappa shape index (κ1) is 16.1. The van der Waals surface area contributed by atoms with Gasteiger partial charge in [-0.3, -0.25) is 4.18 Å². The van der Waals surface area contributed by atoms with Crippen LogP contribution in [0.5, 0.6) is 0 Å². The van der Waals surface area contributed by atoms with Gasteiger partial charge < -0.3 is 25.0 Å². The minimum absolute atomic E-state index is 0.0905. The Morgan fingerprint density at radius 1 is 1.39 bits per heavy atom. The monoisotopic (exact) mass is 305 g/mol. The van der Waals surface area contributed by atoms with E-state index in [1.165, 1.54) is 0 Å². The van der Waals surface area contributed by atoms with Crippen molar-refractivity contribution >= 4 is 21.3 Å². The molecule has 0 aromatic heterocycles. The van der Waals surface area contributed by atoms with Crippen molar-refractivity contribution in [1.82, 2.24) is 0 Å². The fourth-order valence-corrected chi connectivity index (χ4v) is 4.66. The first-order valence-corrected chi connectivity index (χ1v) is 8.26. The molecule has 1 aliphatic heterocycles. The molecule has 108 valence electrons. The maximum Gasteiger partial charge on any atom is 0.218 e. The summed E-state index contributed by atoms with van der Waals surface area (Å²) in [5.74, 6) is 0.716. The number of aliphatic hydroxyl groups is 3. The van der Waals surface area contributed by atoms with Gasteiger partial charge in [0.2, 0.25) is 10.4 Å². The van der Waals surface area contributed by atoms with Gasteiger partial charge in [0.05, 0.1) is 0 Å². The maximum absolute atomic E-state index is 10.4. The predicted octanol–water partition coefficient (Wildman–Crippen LogP) is -3.73. The summed E-state index contributed by atoms with van der Waals surface area (Å²) in [6, 6.07) is 0. The highest BCUT2D eigenvalue weighted by molar-refractivity contribution is 7.97. The van der Waals surface area contributed by atoms with E-state index in [9.17, 15) is 28.3 Å². The molecule has 10 heteroatoms. The van der Waals surface area contributed by atoms with Gasteiger partial charge in [-0.2, -0.15) is 0 Å². The Labute approximate surface area is 108 Å². The maximum atomic E-state index is 10.4. The molecule has 0 saturated carbocycles. The molecule has 0 radical (unpaired) electrons. The Bertz CT molecular complexity index is 348. The van der Waals surface area contributed by atoms with Crippen molar-refractivity contribution in [3.8, 4) is 0 Å². The Morgan fingerprint density at radius 2 is 1.89 bits per heavy atom. The molecule has 0 aromatic carbocycles. The quantitative estimate of drug-likeness (QED) is 0.259. The van der Waals surface area contributed by atoms with Gasteiger partial charge in [0, 0.05) is 0 Å². The molecule has 18 heavy (non-hydrogen) atoms. The molecule has 4 atom stereocenters. The second-order valence-electron chi connectivity index (χ2n) is 4.06. The van der Waals surface area contributed by atoms with Gasteiger partial charge in [-0.05, 0) is 10.9 Å². The Morgan fingerprint density at radius 3 is 2.28 bits per heavy atom. The molecule has 1 aliphatic rings. The summed E-state index contributed by atoms with van der Waals surface area (Å²) in [6.45, 7) is -0.565. The van der Waals surface area contributed by atoms with Gasteiger partial charge in [-0.1, -0.05) is 0 Å². The van der Waals surface area contributed by atoms with Crippen LogP contribution in [0.15, 0.2) is 0 Å². The van der Waals surface area contributed by atoms with Crippen molar-refractivity contribution in [3.63, 3.8) is 0 Å². The predicted molar refractivity (Wildman–Crippen MR) is 63.0 cm³/mol. The van der Waals surface area contributed by atoms with Crippen molar-refractivity contribution in [2.24, 2.45) is 0 Å². The van der Waals surface area contributed by atoms with Gasteiger partial charge in [-0.25, -0.2) is 8.42 Å². The third kappa shape index (κ3) is 4.97. The first-order valence-electron chi connectivity index (χ1n) is 5.20. The van der Waals surface area contributed by atoms with E-state index >= 15 is 0 Å². The highest BCUT2D eigenvalue weighted by atomic mass is 32.3. The number of hydrogen-bond acceptors (Lipinski definition) is 7. The molecule has 1 saturated heterocycles. The lowest BCUT2D eigenvalue weighted by molar-refractivity contribution is 0.0107. The minimum Gasteiger partial charge on any atom is -0.726 e. The number of aliphatic hydroxyl groups excluding tert-OH is 3. The molecule has 0 bridgehead atoms. The van der Waals surface area contributed by atoms with Gasteiger partial charge in [0.15, 0.2) is 12.7 Å². The summed E-state index contributed by atoms with van der Waals surface area (Å²) in [6.07, 6.45) is -4.39. The Balaban J connectivity index is 2.50. The molecule has 0 amide bonds. The van der Waals surface area contributed by atoms with Crippen LogP contribution >= 0.6 is 0 Å². The highest BCUT2D eigenvalue weighted by Gasteiger charge is 2.42. The van der Waals surface area contributed by atoms with Crippen LogP contribution < -0.4 is 0 Å². The van der Waals surface area contributed by atoms with Crippen LogP contribution in [0.4, 0.5) is 0 Å². The van der Waals surface area contributed by atoms with Crippen LogP contribution in [0.1, 0.15) is 0 Å². The minimum atomic E-state index is -4.96. The first-order chi connectivity index (χ1) is 8.23. The molecule has 1 heterocycles. The lowest BCUT2D eigenvalue weighted by atomic mass is 10.2. The molecule has 1 rings (SSSR count). The zero-order valence-corrected chi connectivity index (χ0v) is 11.1. The van der Waals surface area contributed by atoms with Crippen LogP contribution in [0, 0.1) is 0 Å². The summed E-state index contributed by atoms with van der Waals surface area (Å²) in [5.41, 5.74) is 0. The van der Waals surface area contributed by atoms with Gasteiger partial charge >= 0.3 is 0 Å². The third-order valence-corrected chi connectivity index (χ3v) is 5.46. The summed E-state index contributed by atoms with van der Waals surface area (Å²) in [7, 11) is -5.44. The van der Waals surface area contributed by atoms with E-state index in [0.717, 1.165) is 0 Å². The van der Waals surface area contributed by atoms with E-state index in [4.69, 9.17) is 5.11 Å². The van der Waals surface area contributed by atoms with Crippen LogP contribution in [0.3, 0.4) is 0 Å². The molecule has 1 fully saturated rings. The smallest absolute Gasteiger partial charge is 0.218 e. The van der Waals surface area contributed by atoms with E-state index in [0.29, 0.717) is 11.5 Å². The molecule has 0 spiro atoms. The SMILES string of the molecule is O=S(=O)([O-])O[C@H](C[OH2+])[C@@H](O)C[S+]1C[C@H](O)[C@@H](O)C1. The molecule has 5 N–H and O–H groups in total. The number of hydrogen-bond donors (Lipinski definition) is 3. The van der Waals surface area contributed by atoms with E-state index in [2.05, 4.69) is 4.18 Å². The van der Waals surface area contributed by atoms with Gasteiger partial charge in [0.25, 0.3) is 0 Å². The van der Waals surface area contributed by atoms with E-state index in [-0.39, 0.29) is 5.75 Å². The van der Waals surface area contributed by atoms with Crippen molar-refractivity contribution in [1.29, 1.82) is 0 Å². The van der Waals surface area contributed by atoms with Gasteiger partial charge in [0.1, 0.15) is 35.6 Å². The fourth-order valence-electron chi connectivity index (χ4n) is 1.64. The molecule has 0 aliphatic carbocycles. The zero-order chi connectivity index (χ0) is 13.9. The van der Waals surface area contributed by atoms with E-state index in [1.807, 2.05) is 0 Å². The van der Waals surface area contributed by atoms with Gasteiger partial charge in [-0.15, -0.1) is 0 Å². The molecule has 0 aromatic rings. The normalized spacial score (nSPS) is 29.4. The summed E-state index contributed by atoms with van der Waals surface area (Å²) in [5, 5.41) is 35.4. The lowest BCUT2D eigenvalue weighted by Crippen LogP contribution is -2.39. The zero-order valence-electron chi connectivity index (χ0n) is 9.43. The van der Waals surface area contributed by atoms with E-state index < -0.39 is 52.3 Å². The van der Waals surface area contributed by atoms with Crippen LogP contribution in [0.25, 0.3) is 0 Å². The average molecular weight is 305 g/mol. The summed E-state index contributed by atoms with van der Waals surface area (Å²) >= 11 is 0. The molecule has 8 nitrogen and oxygen atoms in total. The summed E-state index contributed by atoms with van der Waals surface area (Å²) in [4.78, 5) is 0. The van der Waals surface area contributed by atoms with Crippen LogP contribution in [-0.2, 0) is 25.5 Å². The topological polar surface area (TPSA) is 150 Å². The highest BCUT2D eigenvalue weighted by Crippen LogP contribution is 2.18. The van der Waals surface area contributed by atoms with Crippen molar-refractivity contribution in [2.75, 3.05) is 23.9 Å².